The van der Waals surface area contributed by atoms with E-state index < -0.39 is 6.43 Å². The summed E-state index contributed by atoms with van der Waals surface area (Å²) in [5, 5.41) is 17.3. The van der Waals surface area contributed by atoms with Crippen LogP contribution < -0.4 is 10.6 Å². The molecule has 1 atom stereocenters. The van der Waals surface area contributed by atoms with Crippen LogP contribution >= 0.6 is 0 Å². The van der Waals surface area contributed by atoms with Crippen molar-refractivity contribution in [1.82, 2.24) is 15.5 Å². The lowest BCUT2D eigenvalue weighted by Gasteiger charge is -2.24. The van der Waals surface area contributed by atoms with Crippen molar-refractivity contribution in [2.75, 3.05) is 18.4 Å². The van der Waals surface area contributed by atoms with Crippen LogP contribution in [0.15, 0.2) is 42.5 Å². The highest BCUT2D eigenvalue weighted by Gasteiger charge is 2.20. The average molecular weight is 368 g/mol. The Bertz CT molecular complexity index is 952. The number of aromatic nitrogens is 2. The number of piperidine rings is 1. The molecule has 27 heavy (non-hydrogen) atoms. The lowest BCUT2D eigenvalue weighted by molar-refractivity contribution is 0.152. The summed E-state index contributed by atoms with van der Waals surface area (Å²) in [7, 11) is 0. The summed E-state index contributed by atoms with van der Waals surface area (Å²) in [6.07, 6.45) is -0.382. The van der Waals surface area contributed by atoms with E-state index in [1.165, 1.54) is 6.07 Å². The van der Waals surface area contributed by atoms with Gasteiger partial charge in [-0.1, -0.05) is 42.0 Å². The van der Waals surface area contributed by atoms with Gasteiger partial charge in [0.15, 0.2) is 5.82 Å². The van der Waals surface area contributed by atoms with E-state index in [2.05, 4.69) is 20.8 Å². The van der Waals surface area contributed by atoms with Crippen molar-refractivity contribution >= 4 is 16.6 Å². The minimum Gasteiger partial charge on any atom is -0.364 e. The standard InChI is InChI=1S/C21H22F2N4/c1-13-8-9-16(18(11-13)20(22)23)19-15-6-2-3-7-17(15)21(27-26-19)25-14-5-4-10-24-12-14/h2-3,6-9,11,14,20,24H,4-5,10,12H2,1H3,(H,25,27). The predicted molar refractivity (Wildman–Crippen MR) is 104 cm³/mol. The first-order valence-corrected chi connectivity index (χ1v) is 9.25. The first-order chi connectivity index (χ1) is 13.1. The maximum Gasteiger partial charge on any atom is 0.264 e. The molecule has 1 aliphatic heterocycles. The van der Waals surface area contributed by atoms with Crippen molar-refractivity contribution in [3.63, 3.8) is 0 Å². The van der Waals surface area contributed by atoms with Crippen molar-refractivity contribution in [2.24, 2.45) is 0 Å². The monoisotopic (exact) mass is 368 g/mol. The van der Waals surface area contributed by atoms with Gasteiger partial charge in [0.25, 0.3) is 6.43 Å². The van der Waals surface area contributed by atoms with Crippen LogP contribution in [-0.2, 0) is 0 Å². The fourth-order valence-electron chi connectivity index (χ4n) is 3.66. The molecule has 1 aliphatic rings. The van der Waals surface area contributed by atoms with Crippen LogP contribution in [0.1, 0.15) is 30.4 Å². The number of hydrogen-bond donors (Lipinski definition) is 2. The molecule has 1 fully saturated rings. The van der Waals surface area contributed by atoms with Crippen LogP contribution in [-0.4, -0.2) is 29.3 Å². The molecule has 0 aliphatic carbocycles. The number of alkyl halides is 2. The third-order valence-electron chi connectivity index (χ3n) is 5.02. The summed E-state index contributed by atoms with van der Waals surface area (Å²) in [5.74, 6) is 0.703. The Kier molecular flexibility index (Phi) is 4.99. The molecule has 2 aromatic carbocycles. The molecule has 0 radical (unpaired) electrons. The van der Waals surface area contributed by atoms with Gasteiger partial charge in [0.1, 0.15) is 5.69 Å². The zero-order chi connectivity index (χ0) is 18.8. The molecule has 140 valence electrons. The zero-order valence-electron chi connectivity index (χ0n) is 15.2. The first kappa shape index (κ1) is 17.8. The van der Waals surface area contributed by atoms with Crippen LogP contribution in [0.25, 0.3) is 22.0 Å². The van der Waals surface area contributed by atoms with Crippen LogP contribution in [0, 0.1) is 6.92 Å². The molecule has 0 saturated carbocycles. The van der Waals surface area contributed by atoms with Gasteiger partial charge < -0.3 is 10.6 Å². The largest absolute Gasteiger partial charge is 0.364 e. The van der Waals surface area contributed by atoms with Gasteiger partial charge >= 0.3 is 0 Å². The number of anilines is 1. The zero-order valence-corrected chi connectivity index (χ0v) is 15.2. The smallest absolute Gasteiger partial charge is 0.264 e. The third-order valence-corrected chi connectivity index (χ3v) is 5.02. The van der Waals surface area contributed by atoms with Crippen LogP contribution in [0.5, 0.6) is 0 Å². The molecule has 0 spiro atoms. The second kappa shape index (κ2) is 7.56. The molecule has 1 aromatic heterocycles. The molecule has 3 aromatic rings. The normalized spacial score (nSPS) is 17.4. The molecule has 2 N–H and O–H groups in total. The van der Waals surface area contributed by atoms with Crippen molar-refractivity contribution in [1.29, 1.82) is 0 Å². The molecule has 4 nitrogen and oxygen atoms in total. The Morgan fingerprint density at radius 3 is 2.67 bits per heavy atom. The van der Waals surface area contributed by atoms with E-state index in [9.17, 15) is 8.78 Å². The summed E-state index contributed by atoms with van der Waals surface area (Å²) in [4.78, 5) is 0. The summed E-state index contributed by atoms with van der Waals surface area (Å²) >= 11 is 0. The van der Waals surface area contributed by atoms with Gasteiger partial charge in [-0.15, -0.1) is 10.2 Å². The Balaban J connectivity index is 1.81. The first-order valence-electron chi connectivity index (χ1n) is 9.25. The average Bonchev–Trinajstić information content (AvgIpc) is 2.69. The molecule has 0 bridgehead atoms. The van der Waals surface area contributed by atoms with Crippen molar-refractivity contribution in [3.05, 3.63) is 53.6 Å². The number of nitrogens with one attached hydrogen (secondary N) is 2. The number of aryl methyl sites for hydroxylation is 1. The second-order valence-electron chi connectivity index (χ2n) is 7.02. The lowest BCUT2D eigenvalue weighted by Crippen LogP contribution is -2.38. The highest BCUT2D eigenvalue weighted by atomic mass is 19.3. The third kappa shape index (κ3) is 3.62. The van der Waals surface area contributed by atoms with Crippen molar-refractivity contribution < 1.29 is 8.78 Å². The van der Waals surface area contributed by atoms with E-state index in [0.29, 0.717) is 23.1 Å². The molecule has 4 rings (SSSR count). The molecular weight excluding hydrogens is 346 g/mol. The van der Waals surface area contributed by atoms with Crippen molar-refractivity contribution in [3.8, 4) is 11.3 Å². The van der Waals surface area contributed by atoms with E-state index in [0.717, 1.165) is 42.3 Å². The Hall–Kier alpha value is -2.60. The predicted octanol–water partition coefficient (Wildman–Crippen LogP) is 4.71. The van der Waals surface area contributed by atoms with E-state index in [4.69, 9.17) is 0 Å². The second-order valence-corrected chi connectivity index (χ2v) is 7.02. The molecule has 0 amide bonds. The number of nitrogens with zero attached hydrogens (tertiary/aromatic N) is 2. The number of benzene rings is 2. The number of hydrogen-bond acceptors (Lipinski definition) is 4. The van der Waals surface area contributed by atoms with E-state index >= 15 is 0 Å². The topological polar surface area (TPSA) is 49.8 Å². The molecular formula is C21H22F2N4. The Morgan fingerprint density at radius 2 is 1.93 bits per heavy atom. The van der Waals surface area contributed by atoms with Crippen LogP contribution in [0.4, 0.5) is 14.6 Å². The molecule has 1 saturated heterocycles. The summed E-state index contributed by atoms with van der Waals surface area (Å²) in [6.45, 7) is 3.73. The van der Waals surface area contributed by atoms with Gasteiger partial charge in [-0.3, -0.25) is 0 Å². The molecule has 6 heteroatoms. The van der Waals surface area contributed by atoms with Gasteiger partial charge in [0.05, 0.1) is 0 Å². The Morgan fingerprint density at radius 1 is 1.11 bits per heavy atom. The quantitative estimate of drug-likeness (QED) is 0.700. The fraction of sp³-hybridized carbons (Fsp3) is 0.333. The van der Waals surface area contributed by atoms with Gasteiger partial charge in [0.2, 0.25) is 0 Å². The maximum absolute atomic E-state index is 13.6. The highest BCUT2D eigenvalue weighted by molar-refractivity contribution is 6.00. The number of halogens is 2. The van der Waals surface area contributed by atoms with Gasteiger partial charge in [-0.05, 0) is 32.4 Å². The van der Waals surface area contributed by atoms with Crippen molar-refractivity contribution in [2.45, 2.75) is 32.2 Å². The van der Waals surface area contributed by atoms with Gasteiger partial charge in [-0.2, -0.15) is 0 Å². The van der Waals surface area contributed by atoms with E-state index in [1.807, 2.05) is 37.3 Å². The summed E-state index contributed by atoms with van der Waals surface area (Å²) < 4.78 is 27.2. The summed E-state index contributed by atoms with van der Waals surface area (Å²) in [6, 6.07) is 13.1. The fourth-order valence-corrected chi connectivity index (χ4v) is 3.66. The van der Waals surface area contributed by atoms with Gasteiger partial charge in [0, 0.05) is 34.5 Å². The SMILES string of the molecule is Cc1ccc(-c2nnc(NC3CCCNC3)c3ccccc23)c(C(F)F)c1. The highest BCUT2D eigenvalue weighted by Crippen LogP contribution is 2.36. The summed E-state index contributed by atoms with van der Waals surface area (Å²) in [5.41, 5.74) is 1.72. The van der Waals surface area contributed by atoms with Crippen LogP contribution in [0.2, 0.25) is 0 Å². The van der Waals surface area contributed by atoms with E-state index in [-0.39, 0.29) is 5.56 Å². The number of fused-ring (bicyclic) bond motifs is 1. The van der Waals surface area contributed by atoms with Crippen LogP contribution in [0.3, 0.4) is 0 Å². The minimum atomic E-state index is -2.56. The Labute approximate surface area is 157 Å². The lowest BCUT2D eigenvalue weighted by atomic mass is 9.98. The molecule has 1 unspecified atom stereocenters. The maximum atomic E-state index is 13.6. The molecule has 2 heterocycles. The number of rotatable bonds is 4. The van der Waals surface area contributed by atoms with Gasteiger partial charge in [-0.25, -0.2) is 8.78 Å². The van der Waals surface area contributed by atoms with E-state index in [1.54, 1.807) is 6.07 Å². The minimum absolute atomic E-state index is 0.00774.